The molecule has 1 fully saturated rings. The lowest BCUT2D eigenvalue weighted by molar-refractivity contribution is -0.140. The van der Waals surface area contributed by atoms with Crippen molar-refractivity contribution < 1.29 is 19.4 Å². The summed E-state index contributed by atoms with van der Waals surface area (Å²) in [6, 6.07) is 11.5. The average Bonchev–Trinajstić information content (AvgIpc) is 2.98. The number of hydrogen-bond acceptors (Lipinski definition) is 5. The minimum Gasteiger partial charge on any atom is -0.507 e. The van der Waals surface area contributed by atoms with Crippen LogP contribution in [0.2, 0.25) is 5.02 Å². The van der Waals surface area contributed by atoms with Gasteiger partial charge in [0.2, 0.25) is 0 Å². The van der Waals surface area contributed by atoms with Crippen LogP contribution in [0.15, 0.2) is 52.5 Å². The zero-order valence-corrected chi connectivity index (χ0v) is 19.9. The Hall–Kier alpha value is -2.35. The van der Waals surface area contributed by atoms with E-state index in [1.165, 1.54) is 11.0 Å². The van der Waals surface area contributed by atoms with Crippen LogP contribution in [0.1, 0.15) is 24.1 Å². The quantitative estimate of drug-likeness (QED) is 0.340. The minimum absolute atomic E-state index is 0.0436. The van der Waals surface area contributed by atoms with Crippen molar-refractivity contribution in [2.75, 3.05) is 33.8 Å². The summed E-state index contributed by atoms with van der Waals surface area (Å²) in [7, 11) is 3.79. The molecule has 8 heteroatoms. The third-order valence-corrected chi connectivity index (χ3v) is 5.79. The van der Waals surface area contributed by atoms with Gasteiger partial charge in [-0.25, -0.2) is 0 Å². The van der Waals surface area contributed by atoms with Gasteiger partial charge in [0.1, 0.15) is 11.5 Å². The number of Topliss-reactive ketones (excluding diaryl/α,β-unsaturated/α-hetero) is 1. The van der Waals surface area contributed by atoms with E-state index in [2.05, 4.69) is 15.9 Å². The zero-order valence-electron chi connectivity index (χ0n) is 17.6. The Bertz CT molecular complexity index is 1040. The van der Waals surface area contributed by atoms with E-state index in [9.17, 15) is 14.7 Å². The van der Waals surface area contributed by atoms with Crippen molar-refractivity contribution in [2.45, 2.75) is 13.0 Å². The lowest BCUT2D eigenvalue weighted by atomic mass is 9.95. The summed E-state index contributed by atoms with van der Waals surface area (Å²) in [6.07, 6.45) is 0. The van der Waals surface area contributed by atoms with E-state index >= 15 is 0 Å². The van der Waals surface area contributed by atoms with Gasteiger partial charge in [0.05, 0.1) is 23.2 Å². The average molecular weight is 508 g/mol. The van der Waals surface area contributed by atoms with E-state index in [1.807, 2.05) is 50.2 Å². The van der Waals surface area contributed by atoms with Gasteiger partial charge in [-0.3, -0.25) is 9.59 Å². The van der Waals surface area contributed by atoms with Crippen molar-refractivity contribution in [3.8, 4) is 5.75 Å². The Labute approximate surface area is 195 Å². The molecule has 0 saturated carbocycles. The van der Waals surface area contributed by atoms with Gasteiger partial charge in [-0.2, -0.15) is 0 Å². The number of ether oxygens (including phenoxy) is 1. The van der Waals surface area contributed by atoms with Crippen molar-refractivity contribution in [1.82, 2.24) is 9.80 Å². The zero-order chi connectivity index (χ0) is 22.7. The second-order valence-corrected chi connectivity index (χ2v) is 8.75. The first-order chi connectivity index (χ1) is 14.7. The van der Waals surface area contributed by atoms with Crippen molar-refractivity contribution >= 4 is 45.0 Å². The number of ketones is 1. The molecular formula is C23H24BrClN2O4. The van der Waals surface area contributed by atoms with E-state index in [0.717, 1.165) is 10.0 Å². The number of likely N-dealkylation sites (N-methyl/N-ethyl adjacent to an activating group) is 1. The lowest BCUT2D eigenvalue weighted by Crippen LogP contribution is -2.35. The Morgan fingerprint density at radius 2 is 1.97 bits per heavy atom. The van der Waals surface area contributed by atoms with E-state index in [4.69, 9.17) is 16.3 Å². The summed E-state index contributed by atoms with van der Waals surface area (Å²) < 4.78 is 6.25. The van der Waals surface area contributed by atoms with Gasteiger partial charge in [0, 0.05) is 23.1 Å². The third kappa shape index (κ3) is 4.95. The van der Waals surface area contributed by atoms with Crippen LogP contribution in [0.5, 0.6) is 5.75 Å². The molecule has 0 aliphatic carbocycles. The molecule has 0 bridgehead atoms. The molecule has 2 aromatic carbocycles. The van der Waals surface area contributed by atoms with Crippen LogP contribution in [0, 0.1) is 0 Å². The number of carbonyl (C=O) groups is 2. The summed E-state index contributed by atoms with van der Waals surface area (Å²) in [5.74, 6) is -1.13. The summed E-state index contributed by atoms with van der Waals surface area (Å²) >= 11 is 9.73. The lowest BCUT2D eigenvalue weighted by Gasteiger charge is -2.26. The van der Waals surface area contributed by atoms with Crippen LogP contribution in [0.4, 0.5) is 0 Å². The van der Waals surface area contributed by atoms with Crippen molar-refractivity contribution in [1.29, 1.82) is 0 Å². The van der Waals surface area contributed by atoms with Gasteiger partial charge in [-0.05, 0) is 56.9 Å². The number of halogens is 2. The van der Waals surface area contributed by atoms with Crippen LogP contribution in [-0.2, 0) is 9.59 Å². The molecular weight excluding hydrogens is 484 g/mol. The number of aliphatic hydroxyl groups excluding tert-OH is 1. The van der Waals surface area contributed by atoms with Crippen LogP contribution < -0.4 is 4.74 Å². The SMILES string of the molecule is CCOc1ccc(/C(O)=C2\C(=O)C(=O)N(CCN(C)C)C2c2cccc(Br)c2)cc1Cl. The molecule has 1 unspecified atom stereocenters. The van der Waals surface area contributed by atoms with Gasteiger partial charge in [-0.15, -0.1) is 0 Å². The van der Waals surface area contributed by atoms with Gasteiger partial charge in [-0.1, -0.05) is 39.7 Å². The van der Waals surface area contributed by atoms with Gasteiger partial charge in [0.15, 0.2) is 0 Å². The second-order valence-electron chi connectivity index (χ2n) is 7.43. The van der Waals surface area contributed by atoms with E-state index in [-0.39, 0.29) is 11.3 Å². The maximum atomic E-state index is 13.0. The van der Waals surface area contributed by atoms with E-state index < -0.39 is 17.7 Å². The molecule has 31 heavy (non-hydrogen) atoms. The third-order valence-electron chi connectivity index (χ3n) is 5.00. The van der Waals surface area contributed by atoms with Crippen LogP contribution in [0.3, 0.4) is 0 Å². The molecule has 2 aromatic rings. The van der Waals surface area contributed by atoms with Crippen LogP contribution in [-0.4, -0.2) is 60.4 Å². The number of carbonyl (C=O) groups excluding carboxylic acids is 2. The van der Waals surface area contributed by atoms with Crippen LogP contribution >= 0.6 is 27.5 Å². The smallest absolute Gasteiger partial charge is 0.295 e. The first-order valence-electron chi connectivity index (χ1n) is 9.86. The highest BCUT2D eigenvalue weighted by molar-refractivity contribution is 9.10. The molecule has 6 nitrogen and oxygen atoms in total. The number of likely N-dealkylation sites (tertiary alicyclic amines) is 1. The molecule has 1 amide bonds. The fraction of sp³-hybridized carbons (Fsp3) is 0.304. The molecule has 3 rings (SSSR count). The second kappa shape index (κ2) is 9.85. The summed E-state index contributed by atoms with van der Waals surface area (Å²) in [5.41, 5.74) is 1.12. The number of benzene rings is 2. The highest BCUT2D eigenvalue weighted by atomic mass is 79.9. The molecule has 0 spiro atoms. The Kier molecular flexibility index (Phi) is 7.41. The molecule has 1 aliphatic rings. The maximum Gasteiger partial charge on any atom is 0.295 e. The highest BCUT2D eigenvalue weighted by Gasteiger charge is 2.45. The van der Waals surface area contributed by atoms with Crippen LogP contribution in [0.25, 0.3) is 5.76 Å². The Balaban J connectivity index is 2.13. The number of aliphatic hydroxyl groups is 1. The number of hydrogen-bond donors (Lipinski definition) is 1. The molecule has 1 N–H and O–H groups in total. The predicted molar refractivity (Wildman–Crippen MR) is 124 cm³/mol. The number of nitrogens with zero attached hydrogens (tertiary/aromatic N) is 2. The summed E-state index contributed by atoms with van der Waals surface area (Å²) in [5, 5.41) is 11.4. The molecule has 1 aliphatic heterocycles. The molecule has 1 saturated heterocycles. The van der Waals surface area contributed by atoms with Gasteiger partial charge >= 0.3 is 0 Å². The molecule has 1 atom stereocenters. The minimum atomic E-state index is -0.716. The van der Waals surface area contributed by atoms with Gasteiger partial charge < -0.3 is 19.6 Å². The predicted octanol–water partition coefficient (Wildman–Crippen LogP) is 4.48. The van der Waals surface area contributed by atoms with Crippen molar-refractivity contribution in [3.63, 3.8) is 0 Å². The molecule has 0 aromatic heterocycles. The monoisotopic (exact) mass is 506 g/mol. The molecule has 164 valence electrons. The fourth-order valence-corrected chi connectivity index (χ4v) is 4.17. The first kappa shape index (κ1) is 23.3. The maximum absolute atomic E-state index is 13.0. The number of rotatable bonds is 7. The molecule has 1 heterocycles. The number of amides is 1. The topological polar surface area (TPSA) is 70.1 Å². The highest BCUT2D eigenvalue weighted by Crippen LogP contribution is 2.40. The Morgan fingerprint density at radius 3 is 2.58 bits per heavy atom. The van der Waals surface area contributed by atoms with E-state index in [0.29, 0.717) is 36.0 Å². The first-order valence-corrected chi connectivity index (χ1v) is 11.0. The van der Waals surface area contributed by atoms with Crippen molar-refractivity contribution in [2.24, 2.45) is 0 Å². The summed E-state index contributed by atoms with van der Waals surface area (Å²) in [6.45, 7) is 3.21. The summed E-state index contributed by atoms with van der Waals surface area (Å²) in [4.78, 5) is 29.3. The molecule has 0 radical (unpaired) electrons. The van der Waals surface area contributed by atoms with E-state index in [1.54, 1.807) is 12.1 Å². The standard InChI is InChI=1S/C23H24BrClN2O4/c1-4-31-18-9-8-15(13-17(18)25)21(28)19-20(14-6-5-7-16(24)12-14)27(11-10-26(2)3)23(30)22(19)29/h5-9,12-13,20,28H,4,10-11H2,1-3H3/b21-19+. The van der Waals surface area contributed by atoms with Crippen molar-refractivity contribution in [3.05, 3.63) is 68.7 Å². The van der Waals surface area contributed by atoms with Gasteiger partial charge in [0.25, 0.3) is 11.7 Å². The largest absolute Gasteiger partial charge is 0.507 e. The normalized spacial score (nSPS) is 18.1. The fourth-order valence-electron chi connectivity index (χ4n) is 3.52. The Morgan fingerprint density at radius 1 is 1.23 bits per heavy atom.